The van der Waals surface area contributed by atoms with Crippen LogP contribution in [0.5, 0.6) is 11.5 Å². The molecule has 0 aliphatic heterocycles. The highest BCUT2D eigenvalue weighted by atomic mass is 16.5. The number of aliphatic carboxylic acids is 1. The molecule has 0 saturated carbocycles. The average molecular weight is 225 g/mol. The van der Waals surface area contributed by atoms with Gasteiger partial charge in [0.15, 0.2) is 11.5 Å². The van der Waals surface area contributed by atoms with Gasteiger partial charge in [0.05, 0.1) is 7.11 Å². The summed E-state index contributed by atoms with van der Waals surface area (Å²) in [4.78, 5) is 10.3. The Morgan fingerprint density at radius 3 is 2.69 bits per heavy atom. The van der Waals surface area contributed by atoms with Crippen molar-refractivity contribution < 1.29 is 25.0 Å². The quantitative estimate of drug-likeness (QED) is 0.455. The van der Waals surface area contributed by atoms with E-state index in [0.717, 1.165) is 6.08 Å². The van der Waals surface area contributed by atoms with Crippen LogP contribution in [0.3, 0.4) is 0 Å². The highest BCUT2D eigenvalue weighted by molar-refractivity contribution is 5.88. The summed E-state index contributed by atoms with van der Waals surface area (Å²) in [5, 5.41) is 26.8. The number of carbonyl (C=O) groups is 1. The normalized spacial score (nSPS) is 10.4. The Kier molecular flexibility index (Phi) is 3.73. The van der Waals surface area contributed by atoms with Crippen molar-refractivity contribution in [3.63, 3.8) is 0 Å². The summed E-state index contributed by atoms with van der Waals surface area (Å²) in [6.07, 6.45) is 2.18. The van der Waals surface area contributed by atoms with Crippen molar-refractivity contribution in [3.8, 4) is 11.5 Å². The summed E-state index contributed by atoms with van der Waals surface area (Å²) in [5.41, 5.74) is 2.32. The van der Waals surface area contributed by atoms with E-state index in [4.69, 9.17) is 15.1 Å². The summed E-state index contributed by atoms with van der Waals surface area (Å²) in [6, 6.07) is 2.77. The molecule has 6 heteroatoms. The van der Waals surface area contributed by atoms with Crippen molar-refractivity contribution in [2.75, 3.05) is 12.6 Å². The number of aromatic hydroxyl groups is 1. The summed E-state index contributed by atoms with van der Waals surface area (Å²) in [7, 11) is 1.32. The molecule has 4 N–H and O–H groups in total. The van der Waals surface area contributed by atoms with E-state index >= 15 is 0 Å². The lowest BCUT2D eigenvalue weighted by atomic mass is 10.1. The van der Waals surface area contributed by atoms with E-state index < -0.39 is 5.97 Å². The highest BCUT2D eigenvalue weighted by Crippen LogP contribution is 2.37. The molecule has 0 bridgehead atoms. The maximum Gasteiger partial charge on any atom is 0.328 e. The highest BCUT2D eigenvalue weighted by Gasteiger charge is 2.11. The molecule has 1 aromatic rings. The zero-order valence-corrected chi connectivity index (χ0v) is 8.47. The second-order valence-corrected chi connectivity index (χ2v) is 2.87. The lowest BCUT2D eigenvalue weighted by Gasteiger charge is -2.11. The van der Waals surface area contributed by atoms with Gasteiger partial charge in [-0.3, -0.25) is 10.7 Å². The fourth-order valence-electron chi connectivity index (χ4n) is 1.21. The average Bonchev–Trinajstić information content (AvgIpc) is 2.26. The lowest BCUT2D eigenvalue weighted by molar-refractivity contribution is -0.131. The largest absolute Gasteiger partial charge is 0.504 e. The minimum Gasteiger partial charge on any atom is -0.504 e. The van der Waals surface area contributed by atoms with Crippen LogP contribution in [0, 0.1) is 0 Å². The molecule has 0 spiro atoms. The molecule has 0 radical (unpaired) electrons. The Morgan fingerprint density at radius 2 is 2.19 bits per heavy atom. The number of ether oxygens (including phenoxy) is 1. The van der Waals surface area contributed by atoms with E-state index in [1.54, 1.807) is 0 Å². The first kappa shape index (κ1) is 11.9. The number of hydrogen-bond donors (Lipinski definition) is 4. The first-order chi connectivity index (χ1) is 7.60. The molecule has 0 aliphatic carbocycles. The van der Waals surface area contributed by atoms with E-state index in [1.807, 2.05) is 5.48 Å². The third-order valence-corrected chi connectivity index (χ3v) is 1.89. The maximum absolute atomic E-state index is 10.3. The van der Waals surface area contributed by atoms with Crippen LogP contribution >= 0.6 is 0 Å². The zero-order chi connectivity index (χ0) is 12.1. The summed E-state index contributed by atoms with van der Waals surface area (Å²) in [6.45, 7) is 0. The fourth-order valence-corrected chi connectivity index (χ4v) is 1.21. The van der Waals surface area contributed by atoms with Crippen LogP contribution in [0.4, 0.5) is 5.69 Å². The molecule has 1 rings (SSSR count). The van der Waals surface area contributed by atoms with Gasteiger partial charge in [-0.15, -0.1) is 0 Å². The number of carboxylic acid groups (broad SMARTS) is 1. The molecular weight excluding hydrogens is 214 g/mol. The molecule has 0 aliphatic rings. The summed E-state index contributed by atoms with van der Waals surface area (Å²) < 4.78 is 4.86. The predicted molar refractivity (Wildman–Crippen MR) is 56.7 cm³/mol. The van der Waals surface area contributed by atoms with Crippen LogP contribution < -0.4 is 10.2 Å². The van der Waals surface area contributed by atoms with Crippen molar-refractivity contribution in [2.45, 2.75) is 0 Å². The van der Waals surface area contributed by atoms with Crippen LogP contribution in [-0.4, -0.2) is 28.5 Å². The van der Waals surface area contributed by atoms with Gasteiger partial charge in [0.25, 0.3) is 0 Å². The van der Waals surface area contributed by atoms with Gasteiger partial charge >= 0.3 is 5.97 Å². The summed E-state index contributed by atoms with van der Waals surface area (Å²) >= 11 is 0. The van der Waals surface area contributed by atoms with Gasteiger partial charge < -0.3 is 14.9 Å². The predicted octanol–water partition coefficient (Wildman–Crippen LogP) is 1.30. The van der Waals surface area contributed by atoms with Gasteiger partial charge in [-0.1, -0.05) is 0 Å². The molecule has 0 amide bonds. The maximum atomic E-state index is 10.3. The molecule has 1 aromatic carbocycles. The Bertz CT molecular complexity index is 427. The molecule has 6 nitrogen and oxygen atoms in total. The molecule has 0 saturated heterocycles. The molecule has 0 unspecified atom stereocenters. The topological polar surface area (TPSA) is 99.0 Å². The molecule has 0 fully saturated rings. The Morgan fingerprint density at radius 1 is 1.50 bits per heavy atom. The molecule has 0 aromatic heterocycles. The van der Waals surface area contributed by atoms with Gasteiger partial charge in [0.1, 0.15) is 5.69 Å². The molecule has 0 atom stereocenters. The van der Waals surface area contributed by atoms with Gasteiger partial charge in [0.2, 0.25) is 0 Å². The van der Waals surface area contributed by atoms with Crippen LogP contribution in [0.15, 0.2) is 18.2 Å². The van der Waals surface area contributed by atoms with Crippen molar-refractivity contribution in [3.05, 3.63) is 23.8 Å². The molecule has 86 valence electrons. The number of methoxy groups -OCH3 is 1. The van der Waals surface area contributed by atoms with Gasteiger partial charge in [-0.25, -0.2) is 4.79 Å². The molecule has 0 heterocycles. The van der Waals surface area contributed by atoms with E-state index in [2.05, 4.69) is 0 Å². The monoisotopic (exact) mass is 225 g/mol. The number of carboxylic acids is 1. The summed E-state index contributed by atoms with van der Waals surface area (Å²) in [5.74, 6) is -1.24. The van der Waals surface area contributed by atoms with E-state index in [9.17, 15) is 9.90 Å². The van der Waals surface area contributed by atoms with Crippen molar-refractivity contribution in [1.29, 1.82) is 0 Å². The SMILES string of the molecule is COc1c(O)ccc(/C=C/C(=O)O)c1NO. The van der Waals surface area contributed by atoms with Crippen molar-refractivity contribution >= 4 is 17.7 Å². The van der Waals surface area contributed by atoms with Crippen molar-refractivity contribution in [1.82, 2.24) is 0 Å². The van der Waals surface area contributed by atoms with E-state index in [0.29, 0.717) is 5.56 Å². The Balaban J connectivity index is 3.24. The van der Waals surface area contributed by atoms with Gasteiger partial charge in [-0.2, -0.15) is 0 Å². The zero-order valence-electron chi connectivity index (χ0n) is 8.47. The Labute approximate surface area is 91.4 Å². The number of phenolic OH excluding ortho intramolecular Hbond substituents is 1. The minimum absolute atomic E-state index is 0.0371. The van der Waals surface area contributed by atoms with E-state index in [1.165, 1.54) is 25.3 Å². The van der Waals surface area contributed by atoms with Crippen molar-refractivity contribution in [2.24, 2.45) is 0 Å². The number of benzene rings is 1. The van der Waals surface area contributed by atoms with Gasteiger partial charge in [0, 0.05) is 11.6 Å². The van der Waals surface area contributed by atoms with E-state index in [-0.39, 0.29) is 17.2 Å². The third kappa shape index (κ3) is 2.43. The smallest absolute Gasteiger partial charge is 0.328 e. The first-order valence-electron chi connectivity index (χ1n) is 4.31. The molecular formula is C10H11NO5. The van der Waals surface area contributed by atoms with Crippen LogP contribution in [0.1, 0.15) is 5.56 Å². The lowest BCUT2D eigenvalue weighted by Crippen LogP contribution is -1.97. The van der Waals surface area contributed by atoms with Crippen LogP contribution in [0.2, 0.25) is 0 Å². The van der Waals surface area contributed by atoms with Crippen LogP contribution in [-0.2, 0) is 4.79 Å². The molecule has 16 heavy (non-hydrogen) atoms. The third-order valence-electron chi connectivity index (χ3n) is 1.89. The second-order valence-electron chi connectivity index (χ2n) is 2.87. The minimum atomic E-state index is -1.11. The van der Waals surface area contributed by atoms with Crippen LogP contribution in [0.25, 0.3) is 6.08 Å². The number of nitrogens with one attached hydrogen (secondary N) is 1. The number of hydrogen-bond acceptors (Lipinski definition) is 5. The number of phenols is 1. The number of rotatable bonds is 4. The first-order valence-corrected chi connectivity index (χ1v) is 4.31. The standard InChI is InChI=1S/C10H11NO5/c1-16-10-7(12)4-2-6(9(10)11-15)3-5-8(13)14/h2-5,11-12,15H,1H3,(H,13,14)/b5-3+. The van der Waals surface area contributed by atoms with Gasteiger partial charge in [-0.05, 0) is 18.2 Å². The fraction of sp³-hybridized carbons (Fsp3) is 0.100. The second kappa shape index (κ2) is 5.04. The Hall–Kier alpha value is -2.21. The number of anilines is 1.